The van der Waals surface area contributed by atoms with Crippen molar-refractivity contribution in [3.8, 4) is 5.69 Å². The lowest BCUT2D eigenvalue weighted by Gasteiger charge is -2.06. The van der Waals surface area contributed by atoms with Gasteiger partial charge in [-0.3, -0.25) is 0 Å². The van der Waals surface area contributed by atoms with Gasteiger partial charge in [-0.15, -0.1) is 0 Å². The summed E-state index contributed by atoms with van der Waals surface area (Å²) in [6, 6.07) is 4.12. The number of carboxylic acid groups (broad SMARTS) is 1. The number of para-hydroxylation sites is 1. The van der Waals surface area contributed by atoms with E-state index in [0.717, 1.165) is 4.68 Å². The SMILES string of the molecule is CCc1nn(-c2c(F)cccc2Cl)c(Cl)c1C(=O)O. The summed E-state index contributed by atoms with van der Waals surface area (Å²) in [6.07, 6.45) is 0.362. The Labute approximate surface area is 118 Å². The van der Waals surface area contributed by atoms with Crippen LogP contribution in [0, 0.1) is 5.82 Å². The van der Waals surface area contributed by atoms with Gasteiger partial charge < -0.3 is 5.11 Å². The molecule has 4 nitrogen and oxygen atoms in total. The third kappa shape index (κ3) is 2.31. The van der Waals surface area contributed by atoms with Crippen molar-refractivity contribution in [3.05, 3.63) is 45.4 Å². The zero-order valence-electron chi connectivity index (χ0n) is 9.82. The lowest BCUT2D eigenvalue weighted by Crippen LogP contribution is -2.02. The van der Waals surface area contributed by atoms with E-state index < -0.39 is 11.8 Å². The molecule has 1 aromatic heterocycles. The second-order valence-electron chi connectivity index (χ2n) is 3.75. The molecular weight excluding hydrogens is 294 g/mol. The number of aromatic nitrogens is 2. The highest BCUT2D eigenvalue weighted by molar-refractivity contribution is 6.34. The number of halogens is 3. The highest BCUT2D eigenvalue weighted by Crippen LogP contribution is 2.29. The predicted octanol–water partition coefficient (Wildman–Crippen LogP) is 3.58. The normalized spacial score (nSPS) is 10.7. The van der Waals surface area contributed by atoms with Gasteiger partial charge in [-0.2, -0.15) is 5.10 Å². The third-order valence-corrected chi connectivity index (χ3v) is 3.25. The summed E-state index contributed by atoms with van der Waals surface area (Å²) < 4.78 is 14.8. The largest absolute Gasteiger partial charge is 0.478 e. The van der Waals surface area contributed by atoms with Crippen LogP contribution in [0.1, 0.15) is 23.0 Å². The Morgan fingerprint density at radius 1 is 1.47 bits per heavy atom. The van der Waals surface area contributed by atoms with Crippen molar-refractivity contribution in [3.63, 3.8) is 0 Å². The number of carboxylic acids is 1. The van der Waals surface area contributed by atoms with Crippen molar-refractivity contribution in [2.75, 3.05) is 0 Å². The van der Waals surface area contributed by atoms with Gasteiger partial charge in [0.25, 0.3) is 0 Å². The van der Waals surface area contributed by atoms with E-state index in [1.807, 2.05) is 0 Å². The van der Waals surface area contributed by atoms with Crippen molar-refractivity contribution >= 4 is 29.2 Å². The molecule has 0 saturated heterocycles. The molecule has 100 valence electrons. The highest BCUT2D eigenvalue weighted by atomic mass is 35.5. The first-order valence-electron chi connectivity index (χ1n) is 5.42. The first kappa shape index (κ1) is 13.8. The van der Waals surface area contributed by atoms with Gasteiger partial charge in [0.05, 0.1) is 10.7 Å². The van der Waals surface area contributed by atoms with Gasteiger partial charge >= 0.3 is 5.97 Å². The molecule has 0 aliphatic rings. The van der Waals surface area contributed by atoms with Gasteiger partial charge in [0, 0.05) is 0 Å². The molecule has 0 spiro atoms. The Bertz CT molecular complexity index is 635. The quantitative estimate of drug-likeness (QED) is 0.943. The summed E-state index contributed by atoms with van der Waals surface area (Å²) in [6.45, 7) is 1.73. The zero-order chi connectivity index (χ0) is 14.2. The van der Waals surface area contributed by atoms with E-state index in [4.69, 9.17) is 28.3 Å². The number of benzene rings is 1. The van der Waals surface area contributed by atoms with Crippen LogP contribution in [0.2, 0.25) is 10.2 Å². The Morgan fingerprint density at radius 2 is 2.16 bits per heavy atom. The van der Waals surface area contributed by atoms with Crippen molar-refractivity contribution < 1.29 is 14.3 Å². The maximum atomic E-state index is 13.8. The van der Waals surface area contributed by atoms with Crippen LogP contribution in [0.15, 0.2) is 18.2 Å². The molecule has 2 rings (SSSR count). The van der Waals surface area contributed by atoms with E-state index in [2.05, 4.69) is 5.10 Å². The predicted molar refractivity (Wildman–Crippen MR) is 69.9 cm³/mol. The molecule has 0 fully saturated rings. The maximum absolute atomic E-state index is 13.8. The molecule has 0 radical (unpaired) electrons. The van der Waals surface area contributed by atoms with Crippen LogP contribution in [0.3, 0.4) is 0 Å². The molecule has 0 aliphatic heterocycles. The van der Waals surface area contributed by atoms with Gasteiger partial charge in [0.1, 0.15) is 22.2 Å². The molecule has 19 heavy (non-hydrogen) atoms. The molecule has 1 N–H and O–H groups in total. The van der Waals surface area contributed by atoms with Crippen LogP contribution < -0.4 is 0 Å². The number of hydrogen-bond acceptors (Lipinski definition) is 2. The fourth-order valence-corrected chi connectivity index (χ4v) is 2.29. The molecule has 0 unspecified atom stereocenters. The monoisotopic (exact) mass is 302 g/mol. The first-order valence-corrected chi connectivity index (χ1v) is 6.18. The van der Waals surface area contributed by atoms with Crippen LogP contribution in [-0.4, -0.2) is 20.9 Å². The fraction of sp³-hybridized carbons (Fsp3) is 0.167. The third-order valence-electron chi connectivity index (χ3n) is 2.60. The lowest BCUT2D eigenvalue weighted by atomic mass is 10.2. The van der Waals surface area contributed by atoms with Crippen LogP contribution in [0.5, 0.6) is 0 Å². The summed E-state index contributed by atoms with van der Waals surface area (Å²) in [7, 11) is 0. The van der Waals surface area contributed by atoms with Crippen molar-refractivity contribution in [1.29, 1.82) is 0 Å². The molecule has 0 amide bonds. The smallest absolute Gasteiger partial charge is 0.340 e. The molecule has 7 heteroatoms. The molecule has 0 aliphatic carbocycles. The summed E-state index contributed by atoms with van der Waals surface area (Å²) in [4.78, 5) is 11.2. The molecule has 0 saturated carbocycles. The molecule has 0 atom stereocenters. The van der Waals surface area contributed by atoms with Crippen molar-refractivity contribution in [1.82, 2.24) is 9.78 Å². The van der Waals surface area contributed by atoms with E-state index in [0.29, 0.717) is 6.42 Å². The number of rotatable bonds is 3. The van der Waals surface area contributed by atoms with E-state index in [1.165, 1.54) is 18.2 Å². The van der Waals surface area contributed by atoms with Gasteiger partial charge in [0.2, 0.25) is 0 Å². The van der Waals surface area contributed by atoms with Crippen molar-refractivity contribution in [2.45, 2.75) is 13.3 Å². The molecule has 1 aromatic carbocycles. The van der Waals surface area contributed by atoms with Crippen LogP contribution in [0.4, 0.5) is 4.39 Å². The topological polar surface area (TPSA) is 55.1 Å². The Balaban J connectivity index is 2.74. The number of carbonyl (C=O) groups is 1. The van der Waals surface area contributed by atoms with Crippen LogP contribution in [0.25, 0.3) is 5.69 Å². The second kappa shape index (κ2) is 5.19. The Hall–Kier alpha value is -1.59. The number of aromatic carboxylic acids is 1. The Morgan fingerprint density at radius 3 is 2.63 bits per heavy atom. The van der Waals surface area contributed by atoms with Gasteiger partial charge in [-0.25, -0.2) is 13.9 Å². The van der Waals surface area contributed by atoms with Crippen molar-refractivity contribution in [2.24, 2.45) is 0 Å². The summed E-state index contributed by atoms with van der Waals surface area (Å²) in [5.74, 6) is -1.84. The number of nitrogens with zero attached hydrogens (tertiary/aromatic N) is 2. The average molecular weight is 303 g/mol. The van der Waals surface area contributed by atoms with Gasteiger partial charge in [0.15, 0.2) is 0 Å². The van der Waals surface area contributed by atoms with E-state index in [1.54, 1.807) is 6.92 Å². The fourth-order valence-electron chi connectivity index (χ4n) is 1.74. The van der Waals surface area contributed by atoms with Crippen LogP contribution >= 0.6 is 23.2 Å². The average Bonchev–Trinajstić information content (AvgIpc) is 2.66. The minimum atomic E-state index is -1.21. The summed E-state index contributed by atoms with van der Waals surface area (Å²) in [5.41, 5.74) is 0.0803. The zero-order valence-corrected chi connectivity index (χ0v) is 11.3. The highest BCUT2D eigenvalue weighted by Gasteiger charge is 2.24. The maximum Gasteiger partial charge on any atom is 0.340 e. The minimum Gasteiger partial charge on any atom is -0.478 e. The second-order valence-corrected chi connectivity index (χ2v) is 4.52. The number of hydrogen-bond donors (Lipinski definition) is 1. The van der Waals surface area contributed by atoms with E-state index in [-0.39, 0.29) is 27.1 Å². The number of aryl methyl sites for hydroxylation is 1. The molecule has 2 aromatic rings. The molecule has 0 bridgehead atoms. The lowest BCUT2D eigenvalue weighted by molar-refractivity contribution is 0.0696. The standard InChI is InChI=1S/C12H9Cl2FN2O2/c1-2-8-9(12(18)19)11(14)17(16-8)10-6(13)4-3-5-7(10)15/h3-5H,2H2,1H3,(H,18,19). The molecular formula is C12H9Cl2FN2O2. The first-order chi connectivity index (χ1) is 8.97. The van der Waals surface area contributed by atoms with E-state index >= 15 is 0 Å². The minimum absolute atomic E-state index is 0.0589. The van der Waals surface area contributed by atoms with Crippen LogP contribution in [-0.2, 0) is 6.42 Å². The van der Waals surface area contributed by atoms with Gasteiger partial charge in [-0.1, -0.05) is 36.2 Å². The summed E-state index contributed by atoms with van der Waals surface area (Å²) >= 11 is 11.9. The Kier molecular flexibility index (Phi) is 3.78. The van der Waals surface area contributed by atoms with Gasteiger partial charge in [-0.05, 0) is 18.6 Å². The molecule has 1 heterocycles. The summed E-state index contributed by atoms with van der Waals surface area (Å²) in [5, 5.41) is 13.1. The van der Waals surface area contributed by atoms with E-state index in [9.17, 15) is 9.18 Å².